The Balaban J connectivity index is 2.46. The van der Waals surface area contributed by atoms with E-state index in [1.165, 1.54) is 6.92 Å². The summed E-state index contributed by atoms with van der Waals surface area (Å²) in [5, 5.41) is 18.7. The Morgan fingerprint density at radius 3 is 2.44 bits per heavy atom. The van der Waals surface area contributed by atoms with Crippen molar-refractivity contribution in [2.24, 2.45) is 5.41 Å². The molecule has 152 valence electrons. The summed E-state index contributed by atoms with van der Waals surface area (Å²) < 4.78 is 39.4. The molecule has 2 heterocycles. The van der Waals surface area contributed by atoms with Crippen LogP contribution in [0.15, 0.2) is 15.8 Å². The minimum atomic E-state index is -3.89. The van der Waals surface area contributed by atoms with Crippen LogP contribution in [0.1, 0.15) is 32.6 Å². The van der Waals surface area contributed by atoms with Crippen LogP contribution in [0.4, 0.5) is 8.78 Å². The van der Waals surface area contributed by atoms with Gasteiger partial charge >= 0.3 is 17.6 Å². The quantitative estimate of drug-likeness (QED) is 0.678. The Labute approximate surface area is 152 Å². The second-order valence-corrected chi connectivity index (χ2v) is 7.37. The molecule has 0 spiro atoms. The summed E-state index contributed by atoms with van der Waals surface area (Å²) in [6.45, 7) is 4.33. The van der Waals surface area contributed by atoms with E-state index in [0.717, 1.165) is 6.20 Å². The van der Waals surface area contributed by atoms with Crippen molar-refractivity contribution in [3.05, 3.63) is 32.6 Å². The zero-order chi connectivity index (χ0) is 20.7. The number of aryl methyl sites for hydroxylation is 1. The van der Waals surface area contributed by atoms with Gasteiger partial charge in [-0.25, -0.2) is 9.36 Å². The fourth-order valence-corrected chi connectivity index (χ4v) is 2.50. The Bertz CT molecular complexity index is 841. The van der Waals surface area contributed by atoms with E-state index in [1.807, 2.05) is 0 Å². The van der Waals surface area contributed by atoms with E-state index in [9.17, 15) is 28.3 Å². The number of esters is 1. The molecule has 2 rings (SSSR count). The Hall–Kier alpha value is -2.11. The molecule has 0 aliphatic carbocycles. The first kappa shape index (κ1) is 21.2. The summed E-state index contributed by atoms with van der Waals surface area (Å²) in [4.78, 5) is 36.6. The number of aliphatic hydroxyl groups excluding tert-OH is 2. The molecular weight excluding hydrogens is 370 g/mol. The van der Waals surface area contributed by atoms with Crippen LogP contribution < -0.4 is 11.2 Å². The Morgan fingerprint density at radius 2 is 1.96 bits per heavy atom. The van der Waals surface area contributed by atoms with Crippen LogP contribution in [-0.2, 0) is 21.0 Å². The molecule has 1 aromatic heterocycles. The third kappa shape index (κ3) is 3.80. The molecule has 1 aliphatic rings. The number of rotatable bonds is 4. The summed E-state index contributed by atoms with van der Waals surface area (Å²) >= 11 is 0. The van der Waals surface area contributed by atoms with Gasteiger partial charge in [0.25, 0.3) is 5.56 Å². The summed E-state index contributed by atoms with van der Waals surface area (Å²) in [7, 11) is 0. The number of hydrogen-bond acceptors (Lipinski definition) is 7. The van der Waals surface area contributed by atoms with E-state index in [-0.39, 0.29) is 5.56 Å². The van der Waals surface area contributed by atoms with Crippen LogP contribution in [0.3, 0.4) is 0 Å². The van der Waals surface area contributed by atoms with Crippen molar-refractivity contribution in [3.63, 3.8) is 0 Å². The van der Waals surface area contributed by atoms with E-state index in [0.29, 0.717) is 9.13 Å². The van der Waals surface area contributed by atoms with Gasteiger partial charge in [-0.15, -0.1) is 0 Å². The van der Waals surface area contributed by atoms with Crippen molar-refractivity contribution in [3.8, 4) is 0 Å². The van der Waals surface area contributed by atoms with E-state index < -0.39 is 60.3 Å². The molecular formula is C16H22F2N2O7. The molecule has 1 unspecified atom stereocenters. The fraction of sp³-hybridized carbons (Fsp3) is 0.688. The summed E-state index contributed by atoms with van der Waals surface area (Å²) in [5.41, 5.74) is -3.00. The summed E-state index contributed by atoms with van der Waals surface area (Å²) in [5.74, 6) is -4.59. The fourth-order valence-electron chi connectivity index (χ4n) is 2.50. The zero-order valence-electron chi connectivity index (χ0n) is 15.3. The van der Waals surface area contributed by atoms with Gasteiger partial charge < -0.3 is 19.7 Å². The van der Waals surface area contributed by atoms with E-state index >= 15 is 0 Å². The van der Waals surface area contributed by atoms with Gasteiger partial charge in [-0.3, -0.25) is 14.2 Å². The molecule has 1 saturated heterocycles. The number of aliphatic hydroxyl groups is 2. The van der Waals surface area contributed by atoms with Crippen LogP contribution >= 0.6 is 0 Å². The number of carbonyl (C=O) groups is 1. The monoisotopic (exact) mass is 392 g/mol. The molecule has 27 heavy (non-hydrogen) atoms. The molecule has 0 bridgehead atoms. The molecule has 1 fully saturated rings. The molecule has 0 aromatic carbocycles. The minimum Gasteiger partial charge on any atom is -0.443 e. The molecule has 0 radical (unpaired) electrons. The molecule has 2 N–H and O–H groups in total. The van der Waals surface area contributed by atoms with Crippen LogP contribution in [0.2, 0.25) is 0 Å². The lowest BCUT2D eigenvalue weighted by Gasteiger charge is -2.23. The molecule has 9 nitrogen and oxygen atoms in total. The van der Waals surface area contributed by atoms with Crippen molar-refractivity contribution in [2.45, 2.75) is 58.8 Å². The Morgan fingerprint density at radius 1 is 1.37 bits per heavy atom. The predicted octanol–water partition coefficient (Wildman–Crippen LogP) is -0.249. The van der Waals surface area contributed by atoms with Crippen LogP contribution in [0, 0.1) is 12.3 Å². The first-order valence-electron chi connectivity index (χ1n) is 8.14. The maximum atomic E-state index is 14.3. The summed E-state index contributed by atoms with van der Waals surface area (Å²) in [6, 6.07) is 0. The number of ether oxygens (including phenoxy) is 2. The lowest BCUT2D eigenvalue weighted by molar-refractivity contribution is -0.157. The van der Waals surface area contributed by atoms with Gasteiger partial charge in [0.2, 0.25) is 6.23 Å². The highest BCUT2D eigenvalue weighted by Gasteiger charge is 2.59. The van der Waals surface area contributed by atoms with Gasteiger partial charge in [0.1, 0.15) is 6.10 Å². The van der Waals surface area contributed by atoms with Crippen LogP contribution in [0.5, 0.6) is 0 Å². The number of alkyl halides is 2. The lowest BCUT2D eigenvalue weighted by atomic mass is 9.98. The van der Waals surface area contributed by atoms with Gasteiger partial charge in [-0.05, 0) is 27.7 Å². The predicted molar refractivity (Wildman–Crippen MR) is 87.2 cm³/mol. The molecule has 11 heteroatoms. The average Bonchev–Trinajstić information content (AvgIpc) is 2.80. The number of halogens is 2. The molecule has 0 amide bonds. The smallest absolute Gasteiger partial charge is 0.336 e. The van der Waals surface area contributed by atoms with Gasteiger partial charge in [0.05, 0.1) is 12.0 Å². The first-order valence-corrected chi connectivity index (χ1v) is 8.14. The third-order valence-corrected chi connectivity index (χ3v) is 4.12. The van der Waals surface area contributed by atoms with Gasteiger partial charge in [-0.1, -0.05) is 0 Å². The van der Waals surface area contributed by atoms with Crippen molar-refractivity contribution < 1.29 is 33.3 Å². The maximum absolute atomic E-state index is 14.3. The van der Waals surface area contributed by atoms with Crippen LogP contribution in [0.25, 0.3) is 0 Å². The number of aromatic nitrogens is 2. The van der Waals surface area contributed by atoms with Gasteiger partial charge in [-0.2, -0.15) is 8.78 Å². The second-order valence-electron chi connectivity index (χ2n) is 7.37. The summed E-state index contributed by atoms with van der Waals surface area (Å²) in [6.07, 6.45) is -5.30. The van der Waals surface area contributed by atoms with E-state index in [2.05, 4.69) is 0 Å². The van der Waals surface area contributed by atoms with Crippen molar-refractivity contribution in [1.82, 2.24) is 9.13 Å². The van der Waals surface area contributed by atoms with Gasteiger partial charge in [0, 0.05) is 11.8 Å². The lowest BCUT2D eigenvalue weighted by Crippen LogP contribution is -2.47. The van der Waals surface area contributed by atoms with E-state index in [4.69, 9.17) is 14.6 Å². The number of carbonyl (C=O) groups excluding carboxylic acids is 1. The van der Waals surface area contributed by atoms with E-state index in [1.54, 1.807) is 20.8 Å². The topological polar surface area (TPSA) is 120 Å². The molecule has 1 aromatic rings. The van der Waals surface area contributed by atoms with Crippen molar-refractivity contribution >= 4 is 5.97 Å². The average molecular weight is 392 g/mol. The van der Waals surface area contributed by atoms with Crippen molar-refractivity contribution in [1.29, 1.82) is 0 Å². The van der Waals surface area contributed by atoms with Crippen molar-refractivity contribution in [2.75, 3.05) is 6.61 Å². The minimum absolute atomic E-state index is 0.0808. The maximum Gasteiger partial charge on any atom is 0.336 e. The molecule has 1 aliphatic heterocycles. The standard InChI is InChI=1S/C16H22F2N2O7/c1-8-5-19(12-16(17,18)10(22)9(6-21)27-12)14(25)20(11(8)23)7-26-13(24)15(2,3)4/h5,9-10,12,21-22H,6-7H2,1-4H3/t9-,10?,12-/m1/s1. The molecule has 0 saturated carbocycles. The first-order chi connectivity index (χ1) is 12.3. The number of hydrogen-bond donors (Lipinski definition) is 2. The largest absolute Gasteiger partial charge is 0.443 e. The highest BCUT2D eigenvalue weighted by atomic mass is 19.3. The SMILES string of the molecule is Cc1cn([C@@H]2O[C@H](CO)C(O)C2(F)F)c(=O)n(COC(=O)C(C)(C)C)c1=O. The Kier molecular flexibility index (Phi) is 5.60. The van der Waals surface area contributed by atoms with Gasteiger partial charge in [0.15, 0.2) is 12.8 Å². The zero-order valence-corrected chi connectivity index (χ0v) is 15.3. The highest BCUT2D eigenvalue weighted by molar-refractivity contribution is 5.75. The third-order valence-electron chi connectivity index (χ3n) is 4.12. The normalized spacial score (nSPS) is 24.8. The number of nitrogens with zero attached hydrogens (tertiary/aromatic N) is 2. The second kappa shape index (κ2) is 7.13. The highest BCUT2D eigenvalue weighted by Crippen LogP contribution is 2.41. The van der Waals surface area contributed by atoms with Crippen LogP contribution in [-0.4, -0.2) is 50.1 Å². The molecule has 3 atom stereocenters.